The summed E-state index contributed by atoms with van der Waals surface area (Å²) in [7, 11) is 5.37. The highest BCUT2D eigenvalue weighted by atomic mass is 16.6. The molecule has 0 bridgehead atoms. The number of nitrogens with zero attached hydrogens (tertiary/aromatic N) is 1. The van der Waals surface area contributed by atoms with Gasteiger partial charge < -0.3 is 28.6 Å². The predicted octanol–water partition coefficient (Wildman–Crippen LogP) is 8.13. The van der Waals surface area contributed by atoms with E-state index in [1.165, 1.54) is 19.3 Å². The van der Waals surface area contributed by atoms with Gasteiger partial charge >= 0.3 is 11.9 Å². The van der Waals surface area contributed by atoms with Gasteiger partial charge in [-0.25, -0.2) is 0 Å². The van der Waals surface area contributed by atoms with Crippen LogP contribution in [0.2, 0.25) is 0 Å². The Morgan fingerprint density at radius 1 is 0.612 bits per heavy atom. The van der Waals surface area contributed by atoms with Crippen molar-refractivity contribution in [2.24, 2.45) is 0 Å². The van der Waals surface area contributed by atoms with E-state index in [9.17, 15) is 19.5 Å². The van der Waals surface area contributed by atoms with E-state index in [0.717, 1.165) is 70.6 Å². The van der Waals surface area contributed by atoms with Gasteiger partial charge in [-0.15, -0.1) is 0 Å². The fraction of sp³-hybridized carbons (Fsp3) is 0.683. The zero-order chi connectivity index (χ0) is 36.4. The van der Waals surface area contributed by atoms with Gasteiger partial charge in [-0.3, -0.25) is 9.59 Å². The topological polar surface area (TPSA) is 102 Å². The summed E-state index contributed by atoms with van der Waals surface area (Å²) >= 11 is 0. The van der Waals surface area contributed by atoms with Gasteiger partial charge in [0.15, 0.2) is 6.10 Å². The first kappa shape index (κ1) is 46.0. The van der Waals surface area contributed by atoms with Crippen LogP contribution in [0, 0.1) is 0 Å². The van der Waals surface area contributed by atoms with E-state index in [1.807, 2.05) is 0 Å². The van der Waals surface area contributed by atoms with Crippen LogP contribution in [0.4, 0.5) is 0 Å². The molecular weight excluding hydrogens is 618 g/mol. The Morgan fingerprint density at radius 3 is 1.65 bits per heavy atom. The molecule has 0 aliphatic carbocycles. The van der Waals surface area contributed by atoms with Gasteiger partial charge in [0, 0.05) is 19.3 Å². The van der Waals surface area contributed by atoms with Crippen LogP contribution in [0.15, 0.2) is 60.8 Å². The largest absolute Gasteiger partial charge is 0.544 e. The van der Waals surface area contributed by atoms with Crippen LogP contribution in [0.1, 0.15) is 129 Å². The first-order chi connectivity index (χ1) is 23.6. The maximum Gasteiger partial charge on any atom is 0.306 e. The molecule has 8 heteroatoms. The molecule has 0 saturated carbocycles. The summed E-state index contributed by atoms with van der Waals surface area (Å²) in [6, 6.07) is -0.735. The summed E-state index contributed by atoms with van der Waals surface area (Å²) in [6.07, 6.45) is 36.9. The Kier molecular flexibility index (Phi) is 30.3. The van der Waals surface area contributed by atoms with Crippen LogP contribution in [0.5, 0.6) is 0 Å². The minimum absolute atomic E-state index is 0.0189. The third-order valence-corrected chi connectivity index (χ3v) is 7.90. The highest BCUT2D eigenvalue weighted by Gasteiger charge is 2.25. The maximum atomic E-state index is 12.6. The number of quaternary nitrogens is 1. The molecule has 0 heterocycles. The van der Waals surface area contributed by atoms with Crippen molar-refractivity contribution < 1.29 is 38.2 Å². The van der Waals surface area contributed by atoms with Crippen molar-refractivity contribution in [1.82, 2.24) is 0 Å². The molecule has 2 unspecified atom stereocenters. The first-order valence-corrected chi connectivity index (χ1v) is 18.8. The number of unbranched alkanes of at least 4 members (excludes halogenated alkanes) is 8. The molecule has 2 atom stereocenters. The van der Waals surface area contributed by atoms with Gasteiger partial charge in [-0.1, -0.05) is 107 Å². The normalized spacial score (nSPS) is 13.7. The second-order valence-electron chi connectivity index (χ2n) is 13.4. The van der Waals surface area contributed by atoms with Crippen molar-refractivity contribution in [2.45, 2.75) is 142 Å². The molecule has 0 aliphatic heterocycles. The number of esters is 2. The lowest BCUT2D eigenvalue weighted by atomic mass is 10.1. The monoisotopic (exact) mass is 688 g/mol. The Hall–Kier alpha value is -2.97. The van der Waals surface area contributed by atoms with Gasteiger partial charge in [-0.2, -0.15) is 0 Å². The lowest BCUT2D eigenvalue weighted by molar-refractivity contribution is -0.889. The number of carbonyl (C=O) groups is 3. The molecule has 280 valence electrons. The van der Waals surface area contributed by atoms with Crippen molar-refractivity contribution in [2.75, 3.05) is 41.0 Å². The SMILES string of the molecule is CC/C=C/C/C=C/C/C=C/CCCC(=O)OCC(COCCC(C(=O)[O-])[N+](C)(C)C)OC(=O)CCCCCCCCC/C=C/C/C=C/CC. The molecule has 0 aromatic heterocycles. The number of rotatable bonds is 32. The molecule has 0 radical (unpaired) electrons. The summed E-state index contributed by atoms with van der Waals surface area (Å²) in [5, 5.41) is 11.6. The summed E-state index contributed by atoms with van der Waals surface area (Å²) in [4.78, 5) is 36.6. The van der Waals surface area contributed by atoms with E-state index in [1.54, 1.807) is 21.1 Å². The van der Waals surface area contributed by atoms with Crippen LogP contribution >= 0.6 is 0 Å². The second kappa shape index (κ2) is 32.2. The smallest absolute Gasteiger partial charge is 0.306 e. The molecule has 49 heavy (non-hydrogen) atoms. The average molecular weight is 688 g/mol. The highest BCUT2D eigenvalue weighted by Crippen LogP contribution is 2.12. The van der Waals surface area contributed by atoms with Crippen LogP contribution in [-0.2, 0) is 28.6 Å². The average Bonchev–Trinajstić information content (AvgIpc) is 3.05. The summed E-state index contributed by atoms with van der Waals surface area (Å²) in [5.41, 5.74) is 0. The lowest BCUT2D eigenvalue weighted by Gasteiger charge is -2.34. The number of hydrogen-bond acceptors (Lipinski definition) is 7. The molecule has 0 aliphatic rings. The van der Waals surface area contributed by atoms with Crippen LogP contribution < -0.4 is 5.11 Å². The van der Waals surface area contributed by atoms with Gasteiger partial charge in [-0.05, 0) is 64.2 Å². The van der Waals surface area contributed by atoms with E-state index >= 15 is 0 Å². The van der Waals surface area contributed by atoms with E-state index in [4.69, 9.17) is 14.2 Å². The van der Waals surface area contributed by atoms with Crippen molar-refractivity contribution in [3.05, 3.63) is 60.8 Å². The summed E-state index contributed by atoms with van der Waals surface area (Å²) in [5.74, 6) is -1.83. The van der Waals surface area contributed by atoms with Crippen molar-refractivity contribution in [1.29, 1.82) is 0 Å². The zero-order valence-electron chi connectivity index (χ0n) is 31.6. The number of hydrogen-bond donors (Lipinski definition) is 0. The Bertz CT molecular complexity index is 990. The third-order valence-electron chi connectivity index (χ3n) is 7.90. The number of ether oxygens (including phenoxy) is 3. The van der Waals surface area contributed by atoms with E-state index < -0.39 is 18.1 Å². The molecule has 8 nitrogen and oxygen atoms in total. The second-order valence-corrected chi connectivity index (χ2v) is 13.4. The Morgan fingerprint density at radius 2 is 1.10 bits per heavy atom. The molecule has 0 aromatic carbocycles. The summed E-state index contributed by atoms with van der Waals surface area (Å²) in [6.45, 7) is 4.34. The number of likely N-dealkylation sites (N-methyl/N-ethyl adjacent to an activating group) is 1. The zero-order valence-corrected chi connectivity index (χ0v) is 31.6. The molecule has 0 N–H and O–H groups in total. The molecular formula is C41H69NO7. The number of carboxylic acids is 1. The highest BCUT2D eigenvalue weighted by molar-refractivity contribution is 5.70. The van der Waals surface area contributed by atoms with Gasteiger partial charge in [0.2, 0.25) is 0 Å². The van der Waals surface area contributed by atoms with Crippen molar-refractivity contribution >= 4 is 17.9 Å². The fourth-order valence-electron chi connectivity index (χ4n) is 5.01. The van der Waals surface area contributed by atoms with Crippen LogP contribution in [-0.4, -0.2) is 75.5 Å². The molecule has 0 amide bonds. The lowest BCUT2D eigenvalue weighted by Crippen LogP contribution is -2.55. The first-order valence-electron chi connectivity index (χ1n) is 18.8. The van der Waals surface area contributed by atoms with E-state index in [-0.39, 0.29) is 49.1 Å². The number of carboxylic acid groups (broad SMARTS) is 1. The molecule has 0 fully saturated rings. The third kappa shape index (κ3) is 30.8. The number of allylic oxidation sites excluding steroid dienone is 10. The van der Waals surface area contributed by atoms with Gasteiger partial charge in [0.05, 0.1) is 40.3 Å². The van der Waals surface area contributed by atoms with Crippen LogP contribution in [0.3, 0.4) is 0 Å². The molecule has 0 rings (SSSR count). The fourth-order valence-corrected chi connectivity index (χ4v) is 5.01. The van der Waals surface area contributed by atoms with Crippen LogP contribution in [0.25, 0.3) is 0 Å². The Balaban J connectivity index is 4.51. The predicted molar refractivity (Wildman–Crippen MR) is 199 cm³/mol. The van der Waals surface area contributed by atoms with E-state index in [0.29, 0.717) is 12.8 Å². The van der Waals surface area contributed by atoms with Crippen molar-refractivity contribution in [3.8, 4) is 0 Å². The van der Waals surface area contributed by atoms with Gasteiger partial charge in [0.25, 0.3) is 0 Å². The molecule has 0 aromatic rings. The minimum atomic E-state index is -1.14. The number of aliphatic carboxylic acids is 1. The van der Waals surface area contributed by atoms with Crippen molar-refractivity contribution in [3.63, 3.8) is 0 Å². The van der Waals surface area contributed by atoms with E-state index in [2.05, 4.69) is 74.6 Å². The minimum Gasteiger partial charge on any atom is -0.544 e. The maximum absolute atomic E-state index is 12.6. The molecule has 0 spiro atoms. The molecule has 0 saturated heterocycles. The quantitative estimate of drug-likeness (QED) is 0.0305. The Labute approximate surface area is 298 Å². The number of carbonyl (C=O) groups excluding carboxylic acids is 3. The standard InChI is InChI=1S/C41H69NO7/c1-6-8-10-12-14-16-18-19-20-22-24-26-28-30-32-40(44)49-37(35-47-34-33-38(41(45)46)42(3,4)5)36-48-39(43)31-29-27-25-23-21-17-15-13-11-9-7-2/h8-11,14-17,23,25,37-38H,6-7,12-13,18-22,24,26-36H2,1-5H3/b10-8+,11-9+,16-14+,17-15+,25-23+. The summed E-state index contributed by atoms with van der Waals surface area (Å²) < 4.78 is 17.0. The van der Waals surface area contributed by atoms with Gasteiger partial charge in [0.1, 0.15) is 12.6 Å².